The lowest BCUT2D eigenvalue weighted by atomic mass is 9.87. The molecule has 0 radical (unpaired) electrons. The number of carbonyl (C=O) groups is 2. The van der Waals surface area contributed by atoms with Gasteiger partial charge in [0.05, 0.1) is 22.1 Å². The van der Waals surface area contributed by atoms with E-state index in [2.05, 4.69) is 12.1 Å². The quantitative estimate of drug-likeness (QED) is 0.102. The summed E-state index contributed by atoms with van der Waals surface area (Å²) in [6, 6.07) is 23.8. The molecular formula is C35H28FNO5. The Morgan fingerprint density at radius 2 is 1.64 bits per heavy atom. The highest BCUT2D eigenvalue weighted by Crippen LogP contribution is 2.51. The molecule has 5 aromatic rings. The van der Waals surface area contributed by atoms with Gasteiger partial charge in [-0.05, 0) is 72.9 Å². The van der Waals surface area contributed by atoms with Crippen molar-refractivity contribution in [2.75, 3.05) is 0 Å². The van der Waals surface area contributed by atoms with E-state index in [1.807, 2.05) is 25.1 Å². The van der Waals surface area contributed by atoms with Gasteiger partial charge in [-0.25, -0.2) is 4.39 Å². The molecule has 0 aliphatic heterocycles. The van der Waals surface area contributed by atoms with Gasteiger partial charge in [0.25, 0.3) is 5.69 Å². The zero-order valence-electron chi connectivity index (χ0n) is 23.3. The Morgan fingerprint density at radius 3 is 2.29 bits per heavy atom. The minimum atomic E-state index is -0.487. The van der Waals surface area contributed by atoms with E-state index in [1.54, 1.807) is 31.2 Å². The lowest BCUT2D eigenvalue weighted by molar-refractivity contribution is -0.384. The molecule has 6 rings (SSSR count). The first-order valence-corrected chi connectivity index (χ1v) is 13.9. The summed E-state index contributed by atoms with van der Waals surface area (Å²) in [5.41, 5.74) is 3.81. The molecule has 1 aliphatic carbocycles. The van der Waals surface area contributed by atoms with Crippen molar-refractivity contribution in [3.63, 3.8) is 0 Å². The zero-order valence-corrected chi connectivity index (χ0v) is 23.3. The number of hydrogen-bond donors (Lipinski definition) is 0. The van der Waals surface area contributed by atoms with Crippen molar-refractivity contribution in [1.82, 2.24) is 0 Å². The molecule has 0 unspecified atom stereocenters. The summed E-state index contributed by atoms with van der Waals surface area (Å²) in [5, 5.41) is 12.7. The lowest BCUT2D eigenvalue weighted by Crippen LogP contribution is -2.14. The van der Waals surface area contributed by atoms with Crippen LogP contribution < -0.4 is 0 Å². The van der Waals surface area contributed by atoms with E-state index in [1.165, 1.54) is 30.3 Å². The molecule has 210 valence electrons. The smallest absolute Gasteiger partial charge is 0.280 e. The maximum atomic E-state index is 13.6. The zero-order chi connectivity index (χ0) is 29.6. The van der Waals surface area contributed by atoms with Gasteiger partial charge < -0.3 is 4.42 Å². The Labute approximate surface area is 241 Å². The van der Waals surface area contributed by atoms with Crippen LogP contribution in [0.2, 0.25) is 0 Å². The predicted octanol–water partition coefficient (Wildman–Crippen LogP) is 9.02. The third kappa shape index (κ3) is 4.81. The van der Waals surface area contributed by atoms with Gasteiger partial charge in [0.15, 0.2) is 11.6 Å². The maximum absolute atomic E-state index is 13.6. The van der Waals surface area contributed by atoms with Crippen molar-refractivity contribution < 1.29 is 23.3 Å². The van der Waals surface area contributed by atoms with Crippen molar-refractivity contribution >= 4 is 28.2 Å². The third-order valence-electron chi connectivity index (χ3n) is 8.30. The Kier molecular flexibility index (Phi) is 6.81. The number of rotatable bonds is 9. The number of furan rings is 1. The molecule has 1 aromatic heterocycles. The van der Waals surface area contributed by atoms with Crippen molar-refractivity contribution in [3.8, 4) is 22.5 Å². The van der Waals surface area contributed by atoms with E-state index in [-0.39, 0.29) is 40.4 Å². The summed E-state index contributed by atoms with van der Waals surface area (Å²) in [4.78, 5) is 38.5. The van der Waals surface area contributed by atoms with Gasteiger partial charge in [0, 0.05) is 34.8 Å². The molecule has 0 N–H and O–H groups in total. The fourth-order valence-corrected chi connectivity index (χ4v) is 5.76. The largest absolute Gasteiger partial charge is 0.455 e. The number of nitro groups is 1. The molecule has 1 aliphatic rings. The van der Waals surface area contributed by atoms with E-state index in [0.29, 0.717) is 39.6 Å². The van der Waals surface area contributed by atoms with Gasteiger partial charge in [0.1, 0.15) is 17.2 Å². The summed E-state index contributed by atoms with van der Waals surface area (Å²) in [7, 11) is 0. The van der Waals surface area contributed by atoms with Crippen LogP contribution in [0.4, 0.5) is 10.1 Å². The highest BCUT2D eigenvalue weighted by molar-refractivity contribution is 6.13. The van der Waals surface area contributed by atoms with Crippen molar-refractivity contribution in [2.45, 2.75) is 44.9 Å². The number of ketones is 2. The molecule has 0 saturated heterocycles. The number of aryl methyl sites for hydroxylation is 1. The number of halogens is 1. The molecule has 6 nitrogen and oxygen atoms in total. The van der Waals surface area contributed by atoms with E-state index in [4.69, 9.17) is 4.42 Å². The van der Waals surface area contributed by atoms with Crippen LogP contribution in [0.15, 0.2) is 89.3 Å². The van der Waals surface area contributed by atoms with Crippen molar-refractivity contribution in [3.05, 3.63) is 123 Å². The van der Waals surface area contributed by atoms with Crippen LogP contribution in [0.5, 0.6) is 0 Å². The topological polar surface area (TPSA) is 90.4 Å². The molecule has 0 amide bonds. The normalized spacial score (nSPS) is 13.7. The monoisotopic (exact) mass is 561 g/mol. The van der Waals surface area contributed by atoms with E-state index >= 15 is 0 Å². The lowest BCUT2D eigenvalue weighted by Gasteiger charge is -2.16. The van der Waals surface area contributed by atoms with Crippen LogP contribution in [0.25, 0.3) is 33.4 Å². The standard InChI is InChI=1S/C35H28FNO5/c1-3-30(38)33-28-18-27(29(37(40)41)19-32(28)42-34(33)22-11-13-25(36)14-12-22)26-17-23(10-9-21(26)2)31(39)20-35(15-16-35)24-7-5-4-6-8-24/h4-14,17-19H,3,15-16,20H2,1-2H3. The summed E-state index contributed by atoms with van der Waals surface area (Å²) in [6.45, 7) is 3.56. The number of nitrogens with zero attached hydrogens (tertiary/aromatic N) is 1. The second-order valence-electron chi connectivity index (χ2n) is 11.0. The molecule has 1 fully saturated rings. The van der Waals surface area contributed by atoms with Gasteiger partial charge in [-0.15, -0.1) is 0 Å². The van der Waals surface area contributed by atoms with E-state index < -0.39 is 10.7 Å². The fraction of sp³-hybridized carbons (Fsp3) is 0.200. The van der Waals surface area contributed by atoms with Gasteiger partial charge >= 0.3 is 0 Å². The van der Waals surface area contributed by atoms with Gasteiger partial charge in [-0.2, -0.15) is 0 Å². The Hall–Kier alpha value is -4.91. The minimum absolute atomic E-state index is 0.0231. The van der Waals surface area contributed by atoms with E-state index in [0.717, 1.165) is 24.0 Å². The average molecular weight is 562 g/mol. The molecule has 0 spiro atoms. The van der Waals surface area contributed by atoms with Crippen LogP contribution >= 0.6 is 0 Å². The Morgan fingerprint density at radius 1 is 0.929 bits per heavy atom. The number of Topliss-reactive ketones (excluding diaryl/α,β-unsaturated/α-hetero) is 2. The number of fused-ring (bicyclic) bond motifs is 1. The molecule has 4 aromatic carbocycles. The van der Waals surface area contributed by atoms with Crippen molar-refractivity contribution in [2.24, 2.45) is 0 Å². The van der Waals surface area contributed by atoms with Gasteiger partial charge in [-0.3, -0.25) is 19.7 Å². The summed E-state index contributed by atoms with van der Waals surface area (Å²) >= 11 is 0. The number of benzene rings is 4. The molecule has 7 heteroatoms. The highest BCUT2D eigenvalue weighted by Gasteiger charge is 2.45. The van der Waals surface area contributed by atoms with Crippen molar-refractivity contribution in [1.29, 1.82) is 0 Å². The van der Waals surface area contributed by atoms with Gasteiger partial charge in [0.2, 0.25) is 0 Å². The number of carbonyl (C=O) groups excluding carboxylic acids is 2. The number of hydrogen-bond acceptors (Lipinski definition) is 5. The molecule has 1 heterocycles. The third-order valence-corrected chi connectivity index (χ3v) is 8.30. The first kappa shape index (κ1) is 27.3. The summed E-state index contributed by atoms with van der Waals surface area (Å²) < 4.78 is 19.7. The molecule has 1 saturated carbocycles. The van der Waals surface area contributed by atoms with Crippen LogP contribution in [0.1, 0.15) is 64.4 Å². The molecular weight excluding hydrogens is 533 g/mol. The molecule has 0 bridgehead atoms. The SMILES string of the molecule is CCC(=O)c1c(-c2ccc(F)cc2)oc2cc([N+](=O)[O-])c(-c3cc(C(=O)CC4(c5ccccc5)CC4)ccc3C)cc12. The number of nitro benzene ring substituents is 1. The van der Waals surface area contributed by atoms with E-state index in [9.17, 15) is 24.1 Å². The van der Waals surface area contributed by atoms with Crippen LogP contribution in [0.3, 0.4) is 0 Å². The first-order valence-electron chi connectivity index (χ1n) is 13.9. The minimum Gasteiger partial charge on any atom is -0.455 e. The summed E-state index contributed by atoms with van der Waals surface area (Å²) in [6.07, 6.45) is 2.42. The highest BCUT2D eigenvalue weighted by atomic mass is 19.1. The maximum Gasteiger partial charge on any atom is 0.280 e. The molecule has 0 atom stereocenters. The Bertz CT molecular complexity index is 1870. The molecule has 42 heavy (non-hydrogen) atoms. The Balaban J connectivity index is 1.47. The van der Waals surface area contributed by atoms with Gasteiger partial charge in [-0.1, -0.05) is 49.4 Å². The fourth-order valence-electron chi connectivity index (χ4n) is 5.76. The second-order valence-corrected chi connectivity index (χ2v) is 11.0. The van der Waals surface area contributed by atoms with Crippen LogP contribution in [-0.4, -0.2) is 16.5 Å². The second kappa shape index (κ2) is 10.5. The van der Waals surface area contributed by atoms with Crippen LogP contribution in [-0.2, 0) is 5.41 Å². The average Bonchev–Trinajstić information content (AvgIpc) is 3.68. The van der Waals surface area contributed by atoms with Crippen LogP contribution in [0, 0.1) is 22.9 Å². The summed E-state index contributed by atoms with van der Waals surface area (Å²) in [5.74, 6) is -0.425. The predicted molar refractivity (Wildman–Crippen MR) is 159 cm³/mol. The first-order chi connectivity index (χ1) is 20.2.